The van der Waals surface area contributed by atoms with Crippen molar-refractivity contribution in [3.05, 3.63) is 35.0 Å². The second-order valence-corrected chi connectivity index (χ2v) is 3.99. The highest BCUT2D eigenvalue weighted by molar-refractivity contribution is 6.35. The van der Waals surface area contributed by atoms with E-state index >= 15 is 0 Å². The molecule has 1 aromatic carbocycles. The minimum Gasteiger partial charge on any atom is -0.357 e. The fourth-order valence-electron chi connectivity index (χ4n) is 1.45. The molecule has 0 aliphatic heterocycles. The largest absolute Gasteiger partial charge is 0.357 e. The van der Waals surface area contributed by atoms with Gasteiger partial charge in [0, 0.05) is 11.1 Å². The maximum atomic E-state index is 6.04. The Hall–Kier alpha value is -0.950. The number of benzene rings is 1. The van der Waals surface area contributed by atoms with Crippen molar-refractivity contribution < 1.29 is 0 Å². The monoisotopic (exact) mass is 223 g/mol. The van der Waals surface area contributed by atoms with Crippen LogP contribution in [0.3, 0.4) is 0 Å². The molecule has 0 saturated heterocycles. The van der Waals surface area contributed by atoms with Crippen LogP contribution in [0.5, 0.6) is 0 Å². The summed E-state index contributed by atoms with van der Waals surface area (Å²) in [5, 5.41) is 1.99. The number of aromatic nitrogens is 1. The molecule has 1 aromatic heterocycles. The quantitative estimate of drug-likeness (QED) is 0.703. The number of rotatable bonds is 1. The van der Waals surface area contributed by atoms with Gasteiger partial charge >= 0.3 is 0 Å². The fourth-order valence-corrected chi connectivity index (χ4v) is 1.68. The first kappa shape index (κ1) is 12.1. The van der Waals surface area contributed by atoms with Crippen molar-refractivity contribution in [2.45, 2.75) is 33.6 Å². The molecule has 0 fully saturated rings. The molecule has 0 bridgehead atoms. The lowest BCUT2D eigenvalue weighted by atomic mass is 10.1. The van der Waals surface area contributed by atoms with E-state index < -0.39 is 0 Å². The summed E-state index contributed by atoms with van der Waals surface area (Å²) in [6.45, 7) is 8.33. The van der Waals surface area contributed by atoms with Crippen LogP contribution in [-0.2, 0) is 0 Å². The standard InChI is InChI=1S/C11H12ClN.C2H6/c1-7(2)10-6-8-4-3-5-9(12)11(8)13-10;1-2/h3-7,13H,1-2H3;1-2H3. The number of aromatic amines is 1. The van der Waals surface area contributed by atoms with Crippen LogP contribution < -0.4 is 0 Å². The first-order chi connectivity index (χ1) is 7.18. The summed E-state index contributed by atoms with van der Waals surface area (Å²) in [5.74, 6) is 0.517. The van der Waals surface area contributed by atoms with E-state index in [9.17, 15) is 0 Å². The summed E-state index contributed by atoms with van der Waals surface area (Å²) in [7, 11) is 0. The number of para-hydroxylation sites is 1. The van der Waals surface area contributed by atoms with Crippen LogP contribution in [0.15, 0.2) is 24.3 Å². The molecule has 2 rings (SSSR count). The molecule has 0 radical (unpaired) electrons. The van der Waals surface area contributed by atoms with Crippen molar-refractivity contribution in [3.8, 4) is 0 Å². The number of hydrogen-bond acceptors (Lipinski definition) is 0. The zero-order chi connectivity index (χ0) is 11.4. The Morgan fingerprint density at radius 1 is 1.20 bits per heavy atom. The van der Waals surface area contributed by atoms with Crippen molar-refractivity contribution in [3.63, 3.8) is 0 Å². The van der Waals surface area contributed by atoms with Gasteiger partial charge in [0.15, 0.2) is 0 Å². The molecular weight excluding hydrogens is 206 g/mol. The fraction of sp³-hybridized carbons (Fsp3) is 0.385. The highest BCUT2D eigenvalue weighted by Gasteiger charge is 2.05. The number of halogens is 1. The maximum absolute atomic E-state index is 6.04. The SMILES string of the molecule is CC.CC(C)c1cc2cccc(Cl)c2[nH]1. The van der Waals surface area contributed by atoms with Crippen molar-refractivity contribution in [1.82, 2.24) is 4.98 Å². The highest BCUT2D eigenvalue weighted by Crippen LogP contribution is 2.26. The number of fused-ring (bicyclic) bond motifs is 1. The Morgan fingerprint density at radius 2 is 1.87 bits per heavy atom. The third-order valence-corrected chi connectivity index (χ3v) is 2.56. The van der Waals surface area contributed by atoms with Gasteiger partial charge in [-0.05, 0) is 18.1 Å². The van der Waals surface area contributed by atoms with Crippen LogP contribution >= 0.6 is 11.6 Å². The molecule has 0 aliphatic rings. The summed E-state index contributed by atoms with van der Waals surface area (Å²) in [6.07, 6.45) is 0. The highest BCUT2D eigenvalue weighted by atomic mass is 35.5. The summed E-state index contributed by atoms with van der Waals surface area (Å²) in [6, 6.07) is 8.11. The first-order valence-electron chi connectivity index (χ1n) is 5.45. The molecule has 0 aliphatic carbocycles. The van der Waals surface area contributed by atoms with Gasteiger partial charge in [-0.15, -0.1) is 0 Å². The second-order valence-electron chi connectivity index (χ2n) is 3.58. The predicted octanol–water partition coefficient (Wildman–Crippen LogP) is 4.97. The lowest BCUT2D eigenvalue weighted by Gasteiger charge is -1.98. The van der Waals surface area contributed by atoms with Crippen LogP contribution in [0, 0.1) is 0 Å². The van der Waals surface area contributed by atoms with Gasteiger partial charge < -0.3 is 4.98 Å². The smallest absolute Gasteiger partial charge is 0.0647 e. The minimum atomic E-state index is 0.517. The van der Waals surface area contributed by atoms with Crippen LogP contribution in [0.4, 0.5) is 0 Å². The predicted molar refractivity (Wildman–Crippen MR) is 68.7 cm³/mol. The normalized spacial score (nSPS) is 10.3. The van der Waals surface area contributed by atoms with Crippen molar-refractivity contribution in [2.24, 2.45) is 0 Å². The van der Waals surface area contributed by atoms with E-state index in [0.29, 0.717) is 5.92 Å². The Kier molecular flexibility index (Phi) is 4.22. The van der Waals surface area contributed by atoms with Gasteiger partial charge in [0.2, 0.25) is 0 Å². The molecule has 1 nitrogen and oxygen atoms in total. The Labute approximate surface area is 96.5 Å². The average molecular weight is 224 g/mol. The molecular formula is C13H18ClN. The van der Waals surface area contributed by atoms with Gasteiger partial charge in [-0.2, -0.15) is 0 Å². The van der Waals surface area contributed by atoms with E-state index in [2.05, 4.69) is 31.0 Å². The van der Waals surface area contributed by atoms with Gasteiger partial charge in [0.05, 0.1) is 10.5 Å². The third kappa shape index (κ3) is 2.54. The minimum absolute atomic E-state index is 0.517. The zero-order valence-electron chi connectivity index (χ0n) is 9.76. The Bertz CT molecular complexity index is 429. The molecule has 0 unspecified atom stereocenters. The number of H-pyrrole nitrogens is 1. The topological polar surface area (TPSA) is 15.8 Å². The van der Waals surface area contributed by atoms with Crippen LogP contribution in [-0.4, -0.2) is 4.98 Å². The maximum Gasteiger partial charge on any atom is 0.0647 e. The number of hydrogen-bond donors (Lipinski definition) is 1. The molecule has 0 amide bonds. The van der Waals surface area contributed by atoms with Gasteiger partial charge in [-0.1, -0.05) is 51.4 Å². The van der Waals surface area contributed by atoms with Gasteiger partial charge in [0.25, 0.3) is 0 Å². The van der Waals surface area contributed by atoms with E-state index in [0.717, 1.165) is 10.5 Å². The van der Waals surface area contributed by atoms with E-state index in [4.69, 9.17) is 11.6 Å². The van der Waals surface area contributed by atoms with Gasteiger partial charge in [-0.25, -0.2) is 0 Å². The molecule has 0 atom stereocenters. The van der Waals surface area contributed by atoms with E-state index in [-0.39, 0.29) is 0 Å². The van der Waals surface area contributed by atoms with Gasteiger partial charge in [0.1, 0.15) is 0 Å². The summed E-state index contributed by atoms with van der Waals surface area (Å²) < 4.78 is 0. The second kappa shape index (κ2) is 5.22. The molecule has 2 heteroatoms. The van der Waals surface area contributed by atoms with Crippen LogP contribution in [0.1, 0.15) is 39.3 Å². The van der Waals surface area contributed by atoms with Crippen LogP contribution in [0.2, 0.25) is 5.02 Å². The molecule has 1 heterocycles. The molecule has 15 heavy (non-hydrogen) atoms. The lowest BCUT2D eigenvalue weighted by Crippen LogP contribution is -1.84. The van der Waals surface area contributed by atoms with Gasteiger partial charge in [-0.3, -0.25) is 0 Å². The molecule has 82 valence electrons. The van der Waals surface area contributed by atoms with Crippen LogP contribution in [0.25, 0.3) is 10.9 Å². The summed E-state index contributed by atoms with van der Waals surface area (Å²) >= 11 is 6.04. The Morgan fingerprint density at radius 3 is 2.40 bits per heavy atom. The summed E-state index contributed by atoms with van der Waals surface area (Å²) in [4.78, 5) is 3.33. The molecule has 0 spiro atoms. The average Bonchev–Trinajstić information content (AvgIpc) is 2.66. The number of nitrogens with one attached hydrogen (secondary N) is 1. The Balaban J connectivity index is 0.000000531. The zero-order valence-corrected chi connectivity index (χ0v) is 10.5. The first-order valence-corrected chi connectivity index (χ1v) is 5.83. The van der Waals surface area contributed by atoms with Crippen molar-refractivity contribution >= 4 is 22.5 Å². The van der Waals surface area contributed by atoms with Crippen molar-refractivity contribution in [1.29, 1.82) is 0 Å². The third-order valence-electron chi connectivity index (χ3n) is 2.25. The van der Waals surface area contributed by atoms with Crippen molar-refractivity contribution in [2.75, 3.05) is 0 Å². The van der Waals surface area contributed by atoms with E-state index in [1.807, 2.05) is 26.0 Å². The molecule has 0 saturated carbocycles. The summed E-state index contributed by atoms with van der Waals surface area (Å²) in [5.41, 5.74) is 2.29. The van der Waals surface area contributed by atoms with E-state index in [1.165, 1.54) is 11.1 Å². The molecule has 2 aromatic rings. The van der Waals surface area contributed by atoms with E-state index in [1.54, 1.807) is 0 Å². The molecule has 1 N–H and O–H groups in total. The lowest BCUT2D eigenvalue weighted by molar-refractivity contribution is 0.836.